The number of amides is 1. The lowest BCUT2D eigenvalue weighted by molar-refractivity contribution is 0.0401. The number of ether oxygens (including phenoxy) is 1. The van der Waals surface area contributed by atoms with Gasteiger partial charge in [-0.05, 0) is 29.3 Å². The highest BCUT2D eigenvalue weighted by molar-refractivity contribution is 6.01. The maximum Gasteiger partial charge on any atom is 0.271 e. The number of carbonyl (C=O) groups excluding carboxylic acids is 1. The van der Waals surface area contributed by atoms with Crippen molar-refractivity contribution in [2.24, 2.45) is 0 Å². The molecule has 31 heavy (non-hydrogen) atoms. The second-order valence-corrected chi connectivity index (χ2v) is 7.66. The number of hydrogen-bond donors (Lipinski definition) is 1. The van der Waals surface area contributed by atoms with Crippen LogP contribution in [0.1, 0.15) is 38.8 Å². The Balaban J connectivity index is 1.61. The molecule has 0 aliphatic carbocycles. The molecule has 152 valence electrons. The van der Waals surface area contributed by atoms with E-state index >= 15 is 0 Å². The molecule has 0 spiro atoms. The number of nitrogens with one attached hydrogen (secondary N) is 1. The van der Waals surface area contributed by atoms with Crippen molar-refractivity contribution in [3.8, 4) is 6.07 Å². The number of carbonyl (C=O) groups is 1. The average Bonchev–Trinajstić information content (AvgIpc) is 3.19. The van der Waals surface area contributed by atoms with E-state index in [2.05, 4.69) is 11.1 Å². The lowest BCUT2D eigenvalue weighted by Crippen LogP contribution is -2.36. The van der Waals surface area contributed by atoms with E-state index in [1.807, 2.05) is 71.6 Å². The summed E-state index contributed by atoms with van der Waals surface area (Å²) in [6.45, 7) is 1.44. The SMILES string of the molecule is N#Cc1ccc(C2OCCN(Cc3ccccc3)C(=O)c3[nH]c4ccccc4c32)cc1. The topological polar surface area (TPSA) is 69.1 Å². The van der Waals surface area contributed by atoms with Gasteiger partial charge < -0.3 is 14.6 Å². The number of benzene rings is 3. The molecular weight excluding hydrogens is 386 g/mol. The van der Waals surface area contributed by atoms with Gasteiger partial charge >= 0.3 is 0 Å². The predicted molar refractivity (Wildman–Crippen MR) is 118 cm³/mol. The lowest BCUT2D eigenvalue weighted by Gasteiger charge is -2.29. The number of rotatable bonds is 3. The number of aromatic nitrogens is 1. The second kappa shape index (κ2) is 8.10. The standard InChI is InChI=1S/C26H21N3O2/c27-16-18-10-12-20(13-11-18)25-23-21-8-4-5-9-22(21)28-24(23)26(30)29(14-15-31-25)17-19-6-2-1-3-7-19/h1-13,25,28H,14-15,17H2. The number of nitriles is 1. The molecule has 4 aromatic rings. The first kappa shape index (κ1) is 19.1. The summed E-state index contributed by atoms with van der Waals surface area (Å²) in [6, 6.07) is 27.4. The van der Waals surface area contributed by atoms with Gasteiger partial charge in [0.25, 0.3) is 5.91 Å². The van der Waals surface area contributed by atoms with Crippen LogP contribution in [0.4, 0.5) is 0 Å². The zero-order valence-corrected chi connectivity index (χ0v) is 16.9. The van der Waals surface area contributed by atoms with Crippen molar-refractivity contribution in [2.75, 3.05) is 13.2 Å². The van der Waals surface area contributed by atoms with E-state index in [9.17, 15) is 4.79 Å². The Labute approximate surface area is 180 Å². The third-order valence-electron chi connectivity index (χ3n) is 5.71. The molecule has 1 amide bonds. The monoisotopic (exact) mass is 407 g/mol. The zero-order valence-electron chi connectivity index (χ0n) is 16.9. The molecule has 1 N–H and O–H groups in total. The van der Waals surface area contributed by atoms with Crippen LogP contribution in [0.3, 0.4) is 0 Å². The molecule has 5 nitrogen and oxygen atoms in total. The second-order valence-electron chi connectivity index (χ2n) is 7.66. The van der Waals surface area contributed by atoms with E-state index < -0.39 is 0 Å². The van der Waals surface area contributed by atoms with Crippen LogP contribution >= 0.6 is 0 Å². The summed E-state index contributed by atoms with van der Waals surface area (Å²) in [5, 5.41) is 10.1. The molecule has 2 heterocycles. The molecule has 0 bridgehead atoms. The van der Waals surface area contributed by atoms with Crippen molar-refractivity contribution in [3.05, 3.63) is 107 Å². The van der Waals surface area contributed by atoms with Gasteiger partial charge in [0.15, 0.2) is 0 Å². The molecular formula is C26H21N3O2. The maximum absolute atomic E-state index is 13.6. The first-order valence-corrected chi connectivity index (χ1v) is 10.3. The molecule has 1 aliphatic rings. The van der Waals surface area contributed by atoms with Crippen molar-refractivity contribution in [2.45, 2.75) is 12.6 Å². The minimum absolute atomic E-state index is 0.0306. The van der Waals surface area contributed by atoms with Crippen molar-refractivity contribution in [1.82, 2.24) is 9.88 Å². The molecule has 1 atom stereocenters. The molecule has 1 aliphatic heterocycles. The molecule has 0 saturated carbocycles. The van der Waals surface area contributed by atoms with E-state index in [1.54, 1.807) is 12.1 Å². The van der Waals surface area contributed by atoms with Gasteiger partial charge in [0.1, 0.15) is 11.8 Å². The van der Waals surface area contributed by atoms with Gasteiger partial charge in [-0.2, -0.15) is 5.26 Å². The fourth-order valence-corrected chi connectivity index (χ4v) is 4.18. The van der Waals surface area contributed by atoms with Gasteiger partial charge in [-0.25, -0.2) is 0 Å². The highest BCUT2D eigenvalue weighted by atomic mass is 16.5. The predicted octanol–water partition coefficient (Wildman–Crippen LogP) is 4.80. The summed E-state index contributed by atoms with van der Waals surface area (Å²) < 4.78 is 6.35. The Bertz CT molecular complexity index is 1270. The Morgan fingerprint density at radius 3 is 2.52 bits per heavy atom. The first-order chi connectivity index (χ1) is 15.2. The van der Waals surface area contributed by atoms with E-state index in [0.717, 1.165) is 27.6 Å². The van der Waals surface area contributed by atoms with Gasteiger partial charge in [0.2, 0.25) is 0 Å². The minimum atomic E-state index is -0.387. The van der Waals surface area contributed by atoms with Crippen molar-refractivity contribution < 1.29 is 9.53 Å². The number of H-pyrrole nitrogens is 1. The van der Waals surface area contributed by atoms with Crippen LogP contribution in [0.2, 0.25) is 0 Å². The van der Waals surface area contributed by atoms with E-state index in [4.69, 9.17) is 10.00 Å². The van der Waals surface area contributed by atoms with Gasteiger partial charge in [-0.15, -0.1) is 0 Å². The van der Waals surface area contributed by atoms with Gasteiger partial charge in [-0.1, -0.05) is 60.7 Å². The highest BCUT2D eigenvalue weighted by Crippen LogP contribution is 2.36. The normalized spacial score (nSPS) is 16.4. The number of hydrogen-bond acceptors (Lipinski definition) is 3. The van der Waals surface area contributed by atoms with Crippen molar-refractivity contribution >= 4 is 16.8 Å². The smallest absolute Gasteiger partial charge is 0.271 e. The van der Waals surface area contributed by atoms with Crippen LogP contribution in [0.25, 0.3) is 10.9 Å². The quantitative estimate of drug-likeness (QED) is 0.530. The van der Waals surface area contributed by atoms with Crippen LogP contribution in [-0.2, 0) is 11.3 Å². The third kappa shape index (κ3) is 3.58. The van der Waals surface area contributed by atoms with Crippen LogP contribution in [0.5, 0.6) is 0 Å². The Hall–Kier alpha value is -3.88. The summed E-state index contributed by atoms with van der Waals surface area (Å²) in [4.78, 5) is 18.8. The molecule has 5 heteroatoms. The summed E-state index contributed by atoms with van der Waals surface area (Å²) in [7, 11) is 0. The van der Waals surface area contributed by atoms with Crippen LogP contribution in [-0.4, -0.2) is 28.9 Å². The molecule has 1 unspecified atom stereocenters. The van der Waals surface area contributed by atoms with Gasteiger partial charge in [0, 0.05) is 29.6 Å². The first-order valence-electron chi connectivity index (χ1n) is 10.3. The lowest BCUT2D eigenvalue weighted by atomic mass is 9.96. The fraction of sp³-hybridized carbons (Fsp3) is 0.154. The molecule has 0 saturated heterocycles. The van der Waals surface area contributed by atoms with E-state index in [-0.39, 0.29) is 12.0 Å². The number of para-hydroxylation sites is 1. The maximum atomic E-state index is 13.6. The number of aromatic amines is 1. The van der Waals surface area contributed by atoms with Crippen LogP contribution < -0.4 is 0 Å². The Morgan fingerprint density at radius 2 is 1.74 bits per heavy atom. The summed E-state index contributed by atoms with van der Waals surface area (Å²) in [5.74, 6) is -0.0306. The molecule has 1 aromatic heterocycles. The fourth-order valence-electron chi connectivity index (χ4n) is 4.18. The summed E-state index contributed by atoms with van der Waals surface area (Å²) in [5.41, 5.74) is 4.92. The summed E-state index contributed by atoms with van der Waals surface area (Å²) in [6.07, 6.45) is -0.387. The average molecular weight is 407 g/mol. The zero-order chi connectivity index (χ0) is 21.2. The third-order valence-corrected chi connectivity index (χ3v) is 5.71. The van der Waals surface area contributed by atoms with E-state index in [0.29, 0.717) is 31.0 Å². The van der Waals surface area contributed by atoms with Gasteiger partial charge in [0.05, 0.1) is 18.2 Å². The molecule has 0 radical (unpaired) electrons. The van der Waals surface area contributed by atoms with Gasteiger partial charge in [-0.3, -0.25) is 4.79 Å². The van der Waals surface area contributed by atoms with Crippen molar-refractivity contribution in [3.63, 3.8) is 0 Å². The van der Waals surface area contributed by atoms with E-state index in [1.165, 1.54) is 0 Å². The molecule has 3 aromatic carbocycles. The van der Waals surface area contributed by atoms with Crippen LogP contribution in [0.15, 0.2) is 78.9 Å². The summed E-state index contributed by atoms with van der Waals surface area (Å²) >= 11 is 0. The van der Waals surface area contributed by atoms with Crippen LogP contribution in [0, 0.1) is 11.3 Å². The number of fused-ring (bicyclic) bond motifs is 3. The largest absolute Gasteiger partial charge is 0.367 e. The Kier molecular flexibility index (Phi) is 4.99. The minimum Gasteiger partial charge on any atom is -0.367 e. The Morgan fingerprint density at radius 1 is 1.00 bits per heavy atom. The number of nitrogens with zero attached hydrogens (tertiary/aromatic N) is 2. The van der Waals surface area contributed by atoms with Crippen molar-refractivity contribution in [1.29, 1.82) is 5.26 Å². The molecule has 5 rings (SSSR count). The molecule has 0 fully saturated rings. The highest BCUT2D eigenvalue weighted by Gasteiger charge is 2.31.